The first-order chi connectivity index (χ1) is 5.95. The van der Waals surface area contributed by atoms with Crippen molar-refractivity contribution < 1.29 is 0 Å². The first-order valence-corrected chi connectivity index (χ1v) is 4.83. The highest BCUT2D eigenvalue weighted by Gasteiger charge is 2.28. The Hall–Kier alpha value is -1.03. The van der Waals surface area contributed by atoms with Gasteiger partial charge in [0.25, 0.3) is 0 Å². The summed E-state index contributed by atoms with van der Waals surface area (Å²) in [6.07, 6.45) is 3.62. The zero-order chi connectivity index (χ0) is 7.97. The number of nitrogens with zero attached hydrogens (tertiary/aromatic N) is 2. The van der Waals surface area contributed by atoms with Gasteiger partial charge < -0.3 is 5.32 Å². The third kappa shape index (κ3) is 0.728. The molecule has 3 nitrogen and oxygen atoms in total. The van der Waals surface area contributed by atoms with Crippen molar-refractivity contribution in [1.82, 2.24) is 4.98 Å². The molecule has 0 aromatic carbocycles. The SMILES string of the molecule is C1=NC2CSc3nccc(c32)N1. The van der Waals surface area contributed by atoms with Gasteiger partial charge in [-0.25, -0.2) is 4.98 Å². The third-order valence-corrected chi connectivity index (χ3v) is 3.22. The topological polar surface area (TPSA) is 37.3 Å². The van der Waals surface area contributed by atoms with E-state index in [1.165, 1.54) is 11.3 Å². The summed E-state index contributed by atoms with van der Waals surface area (Å²) < 4.78 is 0. The summed E-state index contributed by atoms with van der Waals surface area (Å²) in [7, 11) is 0. The van der Waals surface area contributed by atoms with Crippen molar-refractivity contribution in [3.05, 3.63) is 17.8 Å². The van der Waals surface area contributed by atoms with E-state index >= 15 is 0 Å². The Kier molecular flexibility index (Phi) is 1.20. The Bertz CT molecular complexity index is 361. The summed E-state index contributed by atoms with van der Waals surface area (Å²) in [4.78, 5) is 8.65. The van der Waals surface area contributed by atoms with Crippen LogP contribution in [0.25, 0.3) is 0 Å². The van der Waals surface area contributed by atoms with Gasteiger partial charge in [0.05, 0.1) is 12.4 Å². The molecule has 2 aliphatic rings. The lowest BCUT2D eigenvalue weighted by Crippen LogP contribution is -2.09. The predicted molar refractivity (Wildman–Crippen MR) is 49.8 cm³/mol. The fraction of sp³-hybridized carbons (Fsp3) is 0.250. The van der Waals surface area contributed by atoms with Crippen LogP contribution in [0.4, 0.5) is 5.69 Å². The molecule has 1 atom stereocenters. The highest BCUT2D eigenvalue weighted by atomic mass is 32.2. The van der Waals surface area contributed by atoms with E-state index in [4.69, 9.17) is 0 Å². The van der Waals surface area contributed by atoms with Crippen LogP contribution < -0.4 is 5.32 Å². The number of hydrogen-bond donors (Lipinski definition) is 1. The maximum absolute atomic E-state index is 4.34. The number of pyridine rings is 1. The fourth-order valence-corrected chi connectivity index (χ4v) is 2.68. The molecular formula is C8H7N3S. The van der Waals surface area contributed by atoms with E-state index < -0.39 is 0 Å². The molecule has 0 aliphatic carbocycles. The normalized spacial score (nSPS) is 23.5. The molecule has 0 fully saturated rings. The lowest BCUT2D eigenvalue weighted by Gasteiger charge is -2.14. The van der Waals surface area contributed by atoms with Gasteiger partial charge in [-0.05, 0) is 6.07 Å². The molecule has 1 aromatic heterocycles. The Balaban J connectivity index is 2.28. The van der Waals surface area contributed by atoms with Gasteiger partial charge in [0.15, 0.2) is 0 Å². The van der Waals surface area contributed by atoms with Gasteiger partial charge in [0, 0.05) is 23.2 Å². The summed E-state index contributed by atoms with van der Waals surface area (Å²) in [5, 5.41) is 4.27. The summed E-state index contributed by atoms with van der Waals surface area (Å²) in [6.45, 7) is 0. The fourth-order valence-electron chi connectivity index (χ4n) is 1.57. The van der Waals surface area contributed by atoms with E-state index in [1.807, 2.05) is 12.3 Å². The van der Waals surface area contributed by atoms with E-state index in [0.717, 1.165) is 10.8 Å². The quantitative estimate of drug-likeness (QED) is 0.655. The summed E-state index contributed by atoms with van der Waals surface area (Å²) in [5.41, 5.74) is 2.45. The van der Waals surface area contributed by atoms with E-state index in [9.17, 15) is 0 Å². The molecule has 2 aliphatic heterocycles. The van der Waals surface area contributed by atoms with Gasteiger partial charge in [0.2, 0.25) is 0 Å². The van der Waals surface area contributed by atoms with Gasteiger partial charge in [-0.2, -0.15) is 0 Å². The number of anilines is 1. The van der Waals surface area contributed by atoms with Crippen LogP contribution in [0.3, 0.4) is 0 Å². The number of aliphatic imine (C=N–C) groups is 1. The van der Waals surface area contributed by atoms with Crippen molar-refractivity contribution in [2.45, 2.75) is 11.1 Å². The highest BCUT2D eigenvalue weighted by Crippen LogP contribution is 2.43. The van der Waals surface area contributed by atoms with E-state index in [-0.39, 0.29) is 0 Å². The van der Waals surface area contributed by atoms with Gasteiger partial charge in [-0.1, -0.05) is 0 Å². The summed E-state index contributed by atoms with van der Waals surface area (Å²) in [5.74, 6) is 1.04. The molecule has 4 heteroatoms. The minimum absolute atomic E-state index is 0.343. The Morgan fingerprint density at radius 1 is 1.58 bits per heavy atom. The lowest BCUT2D eigenvalue weighted by atomic mass is 10.1. The molecule has 0 saturated heterocycles. The Morgan fingerprint density at radius 2 is 2.58 bits per heavy atom. The minimum atomic E-state index is 0.343. The molecule has 0 bridgehead atoms. The van der Waals surface area contributed by atoms with Gasteiger partial charge in [-0.15, -0.1) is 11.8 Å². The van der Waals surface area contributed by atoms with Gasteiger partial charge >= 0.3 is 0 Å². The monoisotopic (exact) mass is 177 g/mol. The lowest BCUT2D eigenvalue weighted by molar-refractivity contribution is 0.819. The maximum atomic E-state index is 4.34. The molecule has 0 amide bonds. The Labute approximate surface area is 74.3 Å². The van der Waals surface area contributed by atoms with E-state index in [1.54, 1.807) is 18.1 Å². The van der Waals surface area contributed by atoms with Crippen molar-refractivity contribution in [2.24, 2.45) is 4.99 Å². The minimum Gasteiger partial charge on any atom is -0.346 e. The summed E-state index contributed by atoms with van der Waals surface area (Å²) in [6, 6.07) is 2.35. The highest BCUT2D eigenvalue weighted by molar-refractivity contribution is 7.99. The van der Waals surface area contributed by atoms with E-state index in [2.05, 4.69) is 15.3 Å². The van der Waals surface area contributed by atoms with E-state index in [0.29, 0.717) is 6.04 Å². The van der Waals surface area contributed by atoms with Crippen molar-refractivity contribution in [1.29, 1.82) is 0 Å². The number of nitrogens with one attached hydrogen (secondary N) is 1. The van der Waals surface area contributed by atoms with Crippen LogP contribution in [0.1, 0.15) is 11.6 Å². The number of aromatic nitrogens is 1. The van der Waals surface area contributed by atoms with Gasteiger partial charge in [-0.3, -0.25) is 4.99 Å². The molecule has 0 spiro atoms. The molecule has 3 rings (SSSR count). The largest absolute Gasteiger partial charge is 0.346 e. The maximum Gasteiger partial charge on any atom is 0.104 e. The average Bonchev–Trinajstić information content (AvgIpc) is 2.52. The zero-order valence-corrected chi connectivity index (χ0v) is 7.14. The molecule has 1 unspecified atom stereocenters. The van der Waals surface area contributed by atoms with Crippen LogP contribution in [0, 0.1) is 0 Å². The van der Waals surface area contributed by atoms with Crippen LogP contribution >= 0.6 is 11.8 Å². The number of rotatable bonds is 0. The first kappa shape index (κ1) is 6.48. The van der Waals surface area contributed by atoms with Crippen LogP contribution in [0.5, 0.6) is 0 Å². The van der Waals surface area contributed by atoms with Crippen molar-refractivity contribution in [2.75, 3.05) is 11.1 Å². The van der Waals surface area contributed by atoms with Crippen LogP contribution in [-0.2, 0) is 0 Å². The molecule has 0 radical (unpaired) electrons. The summed E-state index contributed by atoms with van der Waals surface area (Å²) >= 11 is 1.79. The smallest absolute Gasteiger partial charge is 0.104 e. The second-order valence-corrected chi connectivity index (χ2v) is 3.84. The second-order valence-electron chi connectivity index (χ2n) is 2.83. The van der Waals surface area contributed by atoms with Crippen LogP contribution in [-0.4, -0.2) is 17.1 Å². The molecule has 1 N–H and O–H groups in total. The molecular weight excluding hydrogens is 170 g/mol. The number of thioether (sulfide) groups is 1. The average molecular weight is 177 g/mol. The third-order valence-electron chi connectivity index (χ3n) is 2.14. The first-order valence-electron chi connectivity index (χ1n) is 3.85. The standard InChI is InChI=1S/C8H7N3S/c1-2-9-8-7-5(1)10-4-11-6(7)3-12-8/h1-2,4,6H,3H2,(H,10,11). The van der Waals surface area contributed by atoms with Crippen LogP contribution in [0.2, 0.25) is 0 Å². The second kappa shape index (κ2) is 2.23. The van der Waals surface area contributed by atoms with Crippen molar-refractivity contribution in [3.8, 4) is 0 Å². The predicted octanol–water partition coefficient (Wildman–Crippen LogP) is 1.68. The zero-order valence-electron chi connectivity index (χ0n) is 6.32. The van der Waals surface area contributed by atoms with Crippen LogP contribution in [0.15, 0.2) is 22.3 Å². The Morgan fingerprint density at radius 3 is 3.58 bits per heavy atom. The van der Waals surface area contributed by atoms with Crippen molar-refractivity contribution >= 4 is 23.8 Å². The number of hydrogen-bond acceptors (Lipinski definition) is 4. The van der Waals surface area contributed by atoms with Crippen molar-refractivity contribution in [3.63, 3.8) is 0 Å². The molecule has 1 aromatic rings. The molecule has 60 valence electrons. The van der Waals surface area contributed by atoms with Gasteiger partial charge in [0.1, 0.15) is 5.03 Å². The molecule has 0 saturated carbocycles. The molecule has 3 heterocycles. The molecule has 12 heavy (non-hydrogen) atoms.